The highest BCUT2D eigenvalue weighted by Crippen LogP contribution is 2.39. The first-order valence-corrected chi connectivity index (χ1v) is 7.13. The van der Waals surface area contributed by atoms with Crippen LogP contribution < -0.4 is 0 Å². The lowest BCUT2D eigenvalue weighted by Crippen LogP contribution is -2.29. The Morgan fingerprint density at radius 3 is 2.23 bits per heavy atom. The van der Waals surface area contributed by atoms with Gasteiger partial charge in [-0.1, -0.05) is 37.8 Å². The van der Waals surface area contributed by atoms with E-state index in [-0.39, 0.29) is 23.6 Å². The van der Waals surface area contributed by atoms with Gasteiger partial charge in [-0.25, -0.2) is 0 Å². The van der Waals surface area contributed by atoms with E-state index >= 15 is 0 Å². The van der Waals surface area contributed by atoms with Crippen LogP contribution in [0.2, 0.25) is 0 Å². The standard InChI is InChI=1S/C15H16F3NO3/c16-15(17,18)14(13(20)9-10-3-1-2-4-10)11-5-7-12(8-6-11)19(21)22/h5-8,10,14H,1-4,9H2. The SMILES string of the molecule is O=C(CC1CCCC1)C(c1ccc([N+](=O)[O-])cc1)C(F)(F)F. The molecule has 0 N–H and O–H groups in total. The number of halogens is 3. The van der Waals surface area contributed by atoms with Crippen molar-refractivity contribution in [1.29, 1.82) is 0 Å². The number of nitro benzene ring substituents is 1. The fraction of sp³-hybridized carbons (Fsp3) is 0.533. The third-order valence-electron chi connectivity index (χ3n) is 4.05. The molecule has 1 aliphatic carbocycles. The highest BCUT2D eigenvalue weighted by Gasteiger charge is 2.46. The molecule has 0 saturated heterocycles. The molecule has 4 nitrogen and oxygen atoms in total. The van der Waals surface area contributed by atoms with Gasteiger partial charge >= 0.3 is 6.18 Å². The van der Waals surface area contributed by atoms with Crippen LogP contribution in [-0.2, 0) is 4.79 Å². The van der Waals surface area contributed by atoms with Gasteiger partial charge in [-0.2, -0.15) is 13.2 Å². The first kappa shape index (κ1) is 16.5. The van der Waals surface area contributed by atoms with E-state index < -0.39 is 22.8 Å². The first-order chi connectivity index (χ1) is 10.3. The van der Waals surface area contributed by atoms with E-state index in [0.29, 0.717) is 0 Å². The minimum atomic E-state index is -4.69. The van der Waals surface area contributed by atoms with Crippen LogP contribution in [0.3, 0.4) is 0 Å². The number of alkyl halides is 3. The summed E-state index contributed by atoms with van der Waals surface area (Å²) >= 11 is 0. The largest absolute Gasteiger partial charge is 0.402 e. The van der Waals surface area contributed by atoms with Crippen molar-refractivity contribution in [2.75, 3.05) is 0 Å². The van der Waals surface area contributed by atoms with Crippen molar-refractivity contribution in [3.63, 3.8) is 0 Å². The molecule has 120 valence electrons. The molecular weight excluding hydrogens is 299 g/mol. The van der Waals surface area contributed by atoms with Crippen molar-refractivity contribution in [2.45, 2.75) is 44.2 Å². The molecule has 0 aromatic heterocycles. The summed E-state index contributed by atoms with van der Waals surface area (Å²) in [6.45, 7) is 0. The maximum absolute atomic E-state index is 13.2. The molecule has 0 spiro atoms. The van der Waals surface area contributed by atoms with Crippen LogP contribution in [0.15, 0.2) is 24.3 Å². The zero-order valence-corrected chi connectivity index (χ0v) is 11.8. The van der Waals surface area contributed by atoms with Crippen LogP contribution >= 0.6 is 0 Å². The summed E-state index contributed by atoms with van der Waals surface area (Å²) in [6, 6.07) is 4.03. The predicted octanol–water partition coefficient (Wildman–Crippen LogP) is 4.39. The second-order valence-corrected chi connectivity index (χ2v) is 5.64. The molecule has 1 aliphatic rings. The Bertz CT molecular complexity index is 548. The average molecular weight is 315 g/mol. The summed E-state index contributed by atoms with van der Waals surface area (Å²) in [7, 11) is 0. The number of benzene rings is 1. The molecule has 1 aromatic rings. The Kier molecular flexibility index (Phi) is 4.83. The van der Waals surface area contributed by atoms with E-state index in [1.807, 2.05) is 0 Å². The molecule has 1 unspecified atom stereocenters. The maximum Gasteiger partial charge on any atom is 0.402 e. The van der Waals surface area contributed by atoms with Crippen LogP contribution in [0.25, 0.3) is 0 Å². The minimum Gasteiger partial charge on any atom is -0.299 e. The molecule has 1 fully saturated rings. The Morgan fingerprint density at radius 2 is 1.77 bits per heavy atom. The number of nitro groups is 1. The van der Waals surface area contributed by atoms with E-state index in [1.54, 1.807) is 0 Å². The summed E-state index contributed by atoms with van der Waals surface area (Å²) < 4.78 is 39.7. The summed E-state index contributed by atoms with van der Waals surface area (Å²) in [5.41, 5.74) is -0.533. The topological polar surface area (TPSA) is 60.2 Å². The minimum absolute atomic E-state index is 0.0235. The number of nitrogens with zero attached hydrogens (tertiary/aromatic N) is 1. The van der Waals surface area contributed by atoms with Gasteiger partial charge in [0, 0.05) is 18.6 Å². The van der Waals surface area contributed by atoms with Crippen molar-refractivity contribution < 1.29 is 22.9 Å². The predicted molar refractivity (Wildman–Crippen MR) is 73.5 cm³/mol. The molecule has 0 heterocycles. The van der Waals surface area contributed by atoms with Crippen LogP contribution in [0, 0.1) is 16.0 Å². The fourth-order valence-electron chi connectivity index (χ4n) is 2.96. The Balaban J connectivity index is 2.21. The molecule has 0 bridgehead atoms. The number of ketones is 1. The molecule has 7 heteroatoms. The maximum atomic E-state index is 13.2. The van der Waals surface area contributed by atoms with Crippen molar-refractivity contribution in [3.8, 4) is 0 Å². The van der Waals surface area contributed by atoms with Crippen molar-refractivity contribution in [1.82, 2.24) is 0 Å². The van der Waals surface area contributed by atoms with Crippen LogP contribution in [0.1, 0.15) is 43.6 Å². The Hall–Kier alpha value is -1.92. The smallest absolute Gasteiger partial charge is 0.299 e. The number of Topliss-reactive ketones (excluding diaryl/α,β-unsaturated/α-hetero) is 1. The van der Waals surface area contributed by atoms with Crippen LogP contribution in [0.5, 0.6) is 0 Å². The third-order valence-corrected chi connectivity index (χ3v) is 4.05. The van der Waals surface area contributed by atoms with Crippen LogP contribution in [0.4, 0.5) is 18.9 Å². The molecule has 2 rings (SSSR count). The van der Waals surface area contributed by atoms with Gasteiger partial charge in [0.1, 0.15) is 11.7 Å². The second kappa shape index (κ2) is 6.46. The second-order valence-electron chi connectivity index (χ2n) is 5.64. The van der Waals surface area contributed by atoms with E-state index in [2.05, 4.69) is 0 Å². The summed E-state index contributed by atoms with van der Waals surface area (Å²) in [6.07, 6.45) is -1.29. The summed E-state index contributed by atoms with van der Waals surface area (Å²) in [5.74, 6) is -3.03. The molecular formula is C15H16F3NO3. The Morgan fingerprint density at radius 1 is 1.23 bits per heavy atom. The van der Waals surface area contributed by atoms with Gasteiger partial charge in [-0.15, -0.1) is 0 Å². The number of non-ortho nitro benzene ring substituents is 1. The molecule has 1 aromatic carbocycles. The zero-order valence-electron chi connectivity index (χ0n) is 11.8. The lowest BCUT2D eigenvalue weighted by molar-refractivity contribution is -0.384. The first-order valence-electron chi connectivity index (χ1n) is 7.13. The third kappa shape index (κ3) is 3.84. The summed E-state index contributed by atoms with van der Waals surface area (Å²) in [4.78, 5) is 22.0. The van der Waals surface area contributed by atoms with E-state index in [4.69, 9.17) is 0 Å². The monoisotopic (exact) mass is 315 g/mol. The van der Waals surface area contributed by atoms with Gasteiger partial charge in [-0.3, -0.25) is 14.9 Å². The Labute approximate surface area is 125 Å². The van der Waals surface area contributed by atoms with Gasteiger partial charge in [0.25, 0.3) is 5.69 Å². The highest BCUT2D eigenvalue weighted by molar-refractivity contribution is 5.87. The molecule has 0 aliphatic heterocycles. The average Bonchev–Trinajstić information content (AvgIpc) is 2.90. The highest BCUT2D eigenvalue weighted by atomic mass is 19.4. The number of rotatable bonds is 5. The van der Waals surface area contributed by atoms with E-state index in [9.17, 15) is 28.1 Å². The lowest BCUT2D eigenvalue weighted by atomic mass is 9.88. The van der Waals surface area contributed by atoms with E-state index in [0.717, 1.165) is 49.9 Å². The summed E-state index contributed by atoms with van der Waals surface area (Å²) in [5, 5.41) is 10.6. The normalized spacial score (nSPS) is 17.4. The number of carbonyl (C=O) groups is 1. The fourth-order valence-corrected chi connectivity index (χ4v) is 2.96. The van der Waals surface area contributed by atoms with Gasteiger partial charge < -0.3 is 0 Å². The van der Waals surface area contributed by atoms with Gasteiger partial charge in [0.15, 0.2) is 0 Å². The lowest BCUT2D eigenvalue weighted by Gasteiger charge is -2.21. The number of carbonyl (C=O) groups excluding carboxylic acids is 1. The molecule has 0 amide bonds. The van der Waals surface area contributed by atoms with Crippen molar-refractivity contribution in [2.24, 2.45) is 5.92 Å². The number of hydrogen-bond donors (Lipinski definition) is 0. The van der Waals surface area contributed by atoms with Crippen LogP contribution in [-0.4, -0.2) is 16.9 Å². The van der Waals surface area contributed by atoms with Gasteiger partial charge in [-0.05, 0) is 11.5 Å². The number of hydrogen-bond acceptors (Lipinski definition) is 3. The van der Waals surface area contributed by atoms with Crippen molar-refractivity contribution >= 4 is 11.5 Å². The molecule has 1 saturated carbocycles. The van der Waals surface area contributed by atoms with E-state index in [1.165, 1.54) is 0 Å². The zero-order chi connectivity index (χ0) is 16.3. The molecule has 0 radical (unpaired) electrons. The van der Waals surface area contributed by atoms with Gasteiger partial charge in [0.2, 0.25) is 0 Å². The quantitative estimate of drug-likeness (QED) is 0.598. The van der Waals surface area contributed by atoms with Gasteiger partial charge in [0.05, 0.1) is 4.92 Å². The van der Waals surface area contributed by atoms with Crippen molar-refractivity contribution in [3.05, 3.63) is 39.9 Å². The molecule has 22 heavy (non-hydrogen) atoms. The molecule has 1 atom stereocenters.